The Labute approximate surface area is 105 Å². The Morgan fingerprint density at radius 3 is 2.89 bits per heavy atom. The summed E-state index contributed by atoms with van der Waals surface area (Å²) in [6.07, 6.45) is 4.86. The van der Waals surface area contributed by atoms with Crippen LogP contribution in [-0.2, 0) is 18.4 Å². The summed E-state index contributed by atoms with van der Waals surface area (Å²) < 4.78 is 1.77. The number of urea groups is 1. The molecule has 0 atom stereocenters. The fraction of sp³-hybridized carbons (Fsp3) is 0.364. The van der Waals surface area contributed by atoms with E-state index in [1.807, 2.05) is 7.05 Å². The molecule has 0 fully saturated rings. The highest BCUT2D eigenvalue weighted by molar-refractivity contribution is 5.80. The third-order valence-corrected chi connectivity index (χ3v) is 2.28. The molecular weight excluding hydrogens is 236 g/mol. The molecule has 0 unspecified atom stereocenters. The van der Waals surface area contributed by atoms with Gasteiger partial charge >= 0.3 is 12.0 Å². The Kier molecular flexibility index (Phi) is 4.91. The number of nitrogens with zero attached hydrogens (tertiary/aromatic N) is 3. The van der Waals surface area contributed by atoms with E-state index in [9.17, 15) is 9.59 Å². The number of aromatic nitrogens is 2. The van der Waals surface area contributed by atoms with Crippen LogP contribution in [0.2, 0.25) is 0 Å². The third kappa shape index (κ3) is 3.93. The summed E-state index contributed by atoms with van der Waals surface area (Å²) in [4.78, 5) is 27.5. The van der Waals surface area contributed by atoms with E-state index in [4.69, 9.17) is 5.11 Å². The minimum atomic E-state index is -1.07. The van der Waals surface area contributed by atoms with Crippen LogP contribution < -0.4 is 5.32 Å². The molecule has 0 saturated heterocycles. The smallest absolute Gasteiger partial charge is 0.323 e. The van der Waals surface area contributed by atoms with E-state index in [2.05, 4.69) is 16.9 Å². The van der Waals surface area contributed by atoms with Crippen LogP contribution in [0.3, 0.4) is 0 Å². The monoisotopic (exact) mass is 252 g/mol. The molecule has 1 aromatic rings. The predicted molar refractivity (Wildman–Crippen MR) is 64.8 cm³/mol. The maximum absolute atomic E-state index is 11.7. The van der Waals surface area contributed by atoms with Crippen LogP contribution in [0.25, 0.3) is 0 Å². The number of rotatable bonds is 6. The van der Waals surface area contributed by atoms with Gasteiger partial charge in [0, 0.05) is 26.0 Å². The van der Waals surface area contributed by atoms with Gasteiger partial charge in [-0.15, -0.1) is 6.58 Å². The van der Waals surface area contributed by atoms with E-state index in [1.54, 1.807) is 17.0 Å². The second-order valence-electron chi connectivity index (χ2n) is 3.68. The van der Waals surface area contributed by atoms with Crippen molar-refractivity contribution in [1.82, 2.24) is 19.8 Å². The molecule has 18 heavy (non-hydrogen) atoms. The van der Waals surface area contributed by atoms with Crippen LogP contribution in [0.4, 0.5) is 4.79 Å². The Hall–Kier alpha value is -2.31. The van der Waals surface area contributed by atoms with E-state index in [1.165, 1.54) is 6.08 Å². The predicted octanol–water partition coefficient (Wildman–Crippen LogP) is 0.202. The molecule has 7 heteroatoms. The van der Waals surface area contributed by atoms with E-state index in [-0.39, 0.29) is 19.6 Å². The first-order chi connectivity index (χ1) is 8.54. The van der Waals surface area contributed by atoms with Gasteiger partial charge in [0.15, 0.2) is 0 Å². The number of aryl methyl sites for hydroxylation is 1. The molecule has 1 aromatic heterocycles. The molecule has 0 bridgehead atoms. The summed E-state index contributed by atoms with van der Waals surface area (Å²) in [7, 11) is 1.81. The zero-order chi connectivity index (χ0) is 13.5. The minimum absolute atomic E-state index is 0.179. The number of hydrogen-bond acceptors (Lipinski definition) is 3. The lowest BCUT2D eigenvalue weighted by atomic mass is 10.4. The average Bonchev–Trinajstić information content (AvgIpc) is 2.70. The normalized spacial score (nSPS) is 9.83. The number of carbonyl (C=O) groups is 2. The third-order valence-electron chi connectivity index (χ3n) is 2.28. The second kappa shape index (κ2) is 6.43. The van der Waals surface area contributed by atoms with Crippen LogP contribution in [0.1, 0.15) is 5.82 Å². The van der Waals surface area contributed by atoms with E-state index in [0.29, 0.717) is 5.82 Å². The van der Waals surface area contributed by atoms with Crippen LogP contribution >= 0.6 is 0 Å². The van der Waals surface area contributed by atoms with Gasteiger partial charge in [0.05, 0.1) is 6.54 Å². The van der Waals surface area contributed by atoms with Gasteiger partial charge in [0.1, 0.15) is 12.4 Å². The highest BCUT2D eigenvalue weighted by atomic mass is 16.4. The van der Waals surface area contributed by atoms with E-state index < -0.39 is 12.0 Å². The van der Waals surface area contributed by atoms with Crippen molar-refractivity contribution in [3.8, 4) is 0 Å². The van der Waals surface area contributed by atoms with Crippen molar-refractivity contribution in [1.29, 1.82) is 0 Å². The van der Waals surface area contributed by atoms with Crippen molar-refractivity contribution in [3.05, 3.63) is 30.9 Å². The lowest BCUT2D eigenvalue weighted by Crippen LogP contribution is -2.42. The van der Waals surface area contributed by atoms with Gasteiger partial charge in [0.25, 0.3) is 0 Å². The zero-order valence-corrected chi connectivity index (χ0v) is 10.2. The summed E-state index contributed by atoms with van der Waals surface area (Å²) in [5.41, 5.74) is 0. The number of hydrogen-bond donors (Lipinski definition) is 2. The Morgan fingerprint density at radius 2 is 2.39 bits per heavy atom. The van der Waals surface area contributed by atoms with Crippen LogP contribution in [0, 0.1) is 0 Å². The van der Waals surface area contributed by atoms with Gasteiger partial charge in [-0.25, -0.2) is 9.78 Å². The standard InChI is InChI=1S/C11H16N4O3/c1-3-5-15(8-10(16)17)11(18)13-7-9-12-4-6-14(9)2/h3-4,6H,1,5,7-8H2,2H3,(H,13,18)(H,16,17). The maximum atomic E-state index is 11.7. The number of nitrogens with one attached hydrogen (secondary N) is 1. The topological polar surface area (TPSA) is 87.5 Å². The van der Waals surface area contributed by atoms with Gasteiger partial charge in [0.2, 0.25) is 0 Å². The molecule has 0 aliphatic carbocycles. The lowest BCUT2D eigenvalue weighted by Gasteiger charge is -2.19. The van der Waals surface area contributed by atoms with Gasteiger partial charge in [-0.3, -0.25) is 4.79 Å². The van der Waals surface area contributed by atoms with Crippen molar-refractivity contribution in [2.75, 3.05) is 13.1 Å². The van der Waals surface area contributed by atoms with Crippen LogP contribution in [-0.4, -0.2) is 44.6 Å². The van der Waals surface area contributed by atoms with Gasteiger partial charge in [-0.2, -0.15) is 0 Å². The van der Waals surface area contributed by atoms with Crippen molar-refractivity contribution in [2.24, 2.45) is 7.05 Å². The summed E-state index contributed by atoms with van der Waals surface area (Å²) >= 11 is 0. The number of amides is 2. The fourth-order valence-corrected chi connectivity index (χ4v) is 1.37. The summed E-state index contributed by atoms with van der Waals surface area (Å²) in [6, 6.07) is -0.458. The second-order valence-corrected chi connectivity index (χ2v) is 3.68. The molecule has 0 aromatic carbocycles. The molecule has 98 valence electrons. The molecule has 2 amide bonds. The first-order valence-corrected chi connectivity index (χ1v) is 5.36. The highest BCUT2D eigenvalue weighted by Gasteiger charge is 2.15. The average molecular weight is 252 g/mol. The Morgan fingerprint density at radius 1 is 1.67 bits per heavy atom. The summed E-state index contributed by atoms with van der Waals surface area (Å²) in [5.74, 6) is -0.374. The molecule has 0 aliphatic heterocycles. The first kappa shape index (κ1) is 13.8. The largest absolute Gasteiger partial charge is 0.480 e. The van der Waals surface area contributed by atoms with Crippen molar-refractivity contribution in [2.45, 2.75) is 6.54 Å². The van der Waals surface area contributed by atoms with E-state index in [0.717, 1.165) is 4.90 Å². The molecule has 0 radical (unpaired) electrons. The van der Waals surface area contributed by atoms with Crippen molar-refractivity contribution >= 4 is 12.0 Å². The molecule has 1 heterocycles. The molecule has 7 nitrogen and oxygen atoms in total. The molecule has 0 aliphatic rings. The molecular formula is C11H16N4O3. The Bertz CT molecular complexity index is 441. The molecule has 0 saturated carbocycles. The fourth-order valence-electron chi connectivity index (χ4n) is 1.37. The Balaban J connectivity index is 2.53. The highest BCUT2D eigenvalue weighted by Crippen LogP contribution is 1.95. The molecule has 1 rings (SSSR count). The molecule has 0 spiro atoms. The zero-order valence-electron chi connectivity index (χ0n) is 10.2. The first-order valence-electron chi connectivity index (χ1n) is 5.36. The lowest BCUT2D eigenvalue weighted by molar-refractivity contribution is -0.137. The summed E-state index contributed by atoms with van der Waals surface area (Å²) in [6.45, 7) is 3.55. The van der Waals surface area contributed by atoms with Crippen LogP contribution in [0.15, 0.2) is 25.0 Å². The van der Waals surface area contributed by atoms with Crippen molar-refractivity contribution in [3.63, 3.8) is 0 Å². The minimum Gasteiger partial charge on any atom is -0.480 e. The van der Waals surface area contributed by atoms with Crippen molar-refractivity contribution < 1.29 is 14.7 Å². The van der Waals surface area contributed by atoms with Gasteiger partial charge in [-0.1, -0.05) is 6.08 Å². The number of carboxylic acid groups (broad SMARTS) is 1. The SMILES string of the molecule is C=CCN(CC(=O)O)C(=O)NCc1nccn1C. The maximum Gasteiger partial charge on any atom is 0.323 e. The van der Waals surface area contributed by atoms with E-state index >= 15 is 0 Å². The number of imidazole rings is 1. The summed E-state index contributed by atoms with van der Waals surface area (Å²) in [5, 5.41) is 11.3. The number of carbonyl (C=O) groups excluding carboxylic acids is 1. The number of aliphatic carboxylic acids is 1. The van der Waals surface area contributed by atoms with Gasteiger partial charge < -0.3 is 19.9 Å². The number of carboxylic acids is 1. The van der Waals surface area contributed by atoms with Crippen LogP contribution in [0.5, 0.6) is 0 Å². The van der Waals surface area contributed by atoms with Gasteiger partial charge in [-0.05, 0) is 0 Å². The quantitative estimate of drug-likeness (QED) is 0.708. The molecule has 2 N–H and O–H groups in total.